The van der Waals surface area contributed by atoms with Crippen molar-refractivity contribution in [3.8, 4) is 0 Å². The third-order valence-corrected chi connectivity index (χ3v) is 9.78. The predicted octanol–water partition coefficient (Wildman–Crippen LogP) is 2.77. The van der Waals surface area contributed by atoms with Crippen molar-refractivity contribution in [2.45, 2.75) is 109 Å². The van der Waals surface area contributed by atoms with Crippen molar-refractivity contribution in [2.24, 2.45) is 0 Å². The number of carbonyl (C=O) groups is 1. The van der Waals surface area contributed by atoms with Gasteiger partial charge in [-0.1, -0.05) is 20.8 Å². The van der Waals surface area contributed by atoms with Gasteiger partial charge in [0.15, 0.2) is 14.1 Å². The number of ether oxygens (including phenoxy) is 3. The Hall–Kier alpha value is -0.713. The van der Waals surface area contributed by atoms with Gasteiger partial charge in [0.25, 0.3) is 0 Å². The molecule has 1 amide bonds. The van der Waals surface area contributed by atoms with E-state index in [9.17, 15) is 15.0 Å². The molecule has 0 saturated carbocycles. The van der Waals surface area contributed by atoms with Gasteiger partial charge in [-0.05, 0) is 52.8 Å². The zero-order chi connectivity index (χ0) is 22.8. The summed E-state index contributed by atoms with van der Waals surface area (Å²) >= 11 is 0. The third-order valence-electron chi connectivity index (χ3n) is 5.28. The van der Waals surface area contributed by atoms with Gasteiger partial charge in [-0.25, -0.2) is 4.79 Å². The van der Waals surface area contributed by atoms with E-state index in [1.807, 2.05) is 0 Å². The molecule has 1 fully saturated rings. The lowest BCUT2D eigenvalue weighted by Gasteiger charge is -2.37. The van der Waals surface area contributed by atoms with Crippen LogP contribution in [0.3, 0.4) is 0 Å². The maximum Gasteiger partial charge on any atom is 0.408 e. The summed E-state index contributed by atoms with van der Waals surface area (Å²) in [6, 6.07) is -0.970. The van der Waals surface area contributed by atoms with Crippen LogP contribution in [0.2, 0.25) is 18.1 Å². The Kier molecular flexibility index (Phi) is 8.34. The minimum atomic E-state index is -2.03. The van der Waals surface area contributed by atoms with Gasteiger partial charge in [0.2, 0.25) is 0 Å². The first-order chi connectivity index (χ1) is 12.9. The van der Waals surface area contributed by atoms with Crippen molar-refractivity contribution in [3.05, 3.63) is 0 Å². The number of alkyl carbamates (subject to hydrolysis) is 1. The fourth-order valence-electron chi connectivity index (χ4n) is 2.72. The van der Waals surface area contributed by atoms with E-state index in [-0.39, 0.29) is 11.6 Å². The molecule has 4 atom stereocenters. The van der Waals surface area contributed by atoms with Crippen molar-refractivity contribution in [2.75, 3.05) is 13.2 Å². The minimum absolute atomic E-state index is 0.0298. The number of hydrogen-bond donors (Lipinski definition) is 3. The quantitative estimate of drug-likeness (QED) is 0.528. The summed E-state index contributed by atoms with van der Waals surface area (Å²) in [6.07, 6.45) is -3.24. The van der Waals surface area contributed by atoms with Crippen molar-refractivity contribution < 1.29 is 33.6 Å². The second-order valence-electron chi connectivity index (χ2n) is 10.6. The van der Waals surface area contributed by atoms with Crippen LogP contribution in [0.4, 0.5) is 4.79 Å². The standard InChI is InChI=1S/C20H41NO7Si/c1-18(2,3)28-17(24)21-13(11-22)15(23)16-14(26-20(7,8)27-16)12-25-29(9,10)19(4,5)6/h13-16,22-23H,11-12H2,1-10H3,(H,21,24)/t13-,14-,15-,16+/m0/s1. The predicted molar refractivity (Wildman–Crippen MR) is 113 cm³/mol. The molecule has 172 valence electrons. The van der Waals surface area contributed by atoms with E-state index in [4.69, 9.17) is 18.6 Å². The first-order valence-corrected chi connectivity index (χ1v) is 13.1. The maximum atomic E-state index is 12.1. The molecule has 3 N–H and O–H groups in total. The number of carbonyl (C=O) groups excluding carboxylic acids is 1. The molecule has 1 heterocycles. The summed E-state index contributed by atoms with van der Waals surface area (Å²) in [5.41, 5.74) is -0.691. The molecule has 9 heteroatoms. The van der Waals surface area contributed by atoms with Gasteiger partial charge in [0.1, 0.15) is 23.9 Å². The van der Waals surface area contributed by atoms with Gasteiger partial charge < -0.3 is 34.2 Å². The Bertz CT molecular complexity index is 554. The molecule has 0 bridgehead atoms. The van der Waals surface area contributed by atoms with Crippen LogP contribution >= 0.6 is 0 Å². The van der Waals surface area contributed by atoms with Crippen LogP contribution in [0.5, 0.6) is 0 Å². The first-order valence-electron chi connectivity index (χ1n) is 10.2. The summed E-state index contributed by atoms with van der Waals surface area (Å²) in [6.45, 7) is 19.2. The number of aliphatic hydroxyl groups excluding tert-OH is 2. The normalized spacial score (nSPS) is 24.8. The average Bonchev–Trinajstić information content (AvgIpc) is 2.82. The summed E-state index contributed by atoms with van der Waals surface area (Å²) < 4.78 is 23.3. The summed E-state index contributed by atoms with van der Waals surface area (Å²) in [4.78, 5) is 12.1. The van der Waals surface area contributed by atoms with Gasteiger partial charge in [0, 0.05) is 0 Å². The maximum absolute atomic E-state index is 12.1. The summed E-state index contributed by atoms with van der Waals surface area (Å²) in [7, 11) is -2.03. The van der Waals surface area contributed by atoms with Gasteiger partial charge in [0.05, 0.1) is 19.3 Å². The molecule has 0 aromatic rings. The van der Waals surface area contributed by atoms with E-state index >= 15 is 0 Å². The van der Waals surface area contributed by atoms with E-state index in [1.54, 1.807) is 34.6 Å². The SMILES string of the molecule is CC(C)(C)OC(=O)N[C@@H](CO)[C@H](O)[C@@H]1OC(C)(C)O[C@H]1CO[Si](C)(C)C(C)(C)C. The van der Waals surface area contributed by atoms with E-state index in [0.29, 0.717) is 0 Å². The Balaban J connectivity index is 2.88. The van der Waals surface area contributed by atoms with E-state index in [2.05, 4.69) is 39.2 Å². The monoisotopic (exact) mass is 435 g/mol. The molecule has 0 radical (unpaired) electrons. The molecule has 1 aliphatic rings. The summed E-state index contributed by atoms with van der Waals surface area (Å²) in [5.74, 6) is -0.918. The second-order valence-corrected chi connectivity index (χ2v) is 15.4. The van der Waals surface area contributed by atoms with Crippen molar-refractivity contribution in [3.63, 3.8) is 0 Å². The molecule has 8 nitrogen and oxygen atoms in total. The fraction of sp³-hybridized carbons (Fsp3) is 0.950. The number of rotatable bonds is 7. The van der Waals surface area contributed by atoms with Crippen LogP contribution in [-0.4, -0.2) is 73.6 Å². The zero-order valence-corrected chi connectivity index (χ0v) is 20.7. The lowest BCUT2D eigenvalue weighted by molar-refractivity contribution is -0.158. The van der Waals surface area contributed by atoms with Crippen LogP contribution in [0.25, 0.3) is 0 Å². The van der Waals surface area contributed by atoms with Crippen LogP contribution in [0.15, 0.2) is 0 Å². The van der Waals surface area contributed by atoms with Crippen molar-refractivity contribution in [1.82, 2.24) is 5.32 Å². The summed E-state index contributed by atoms with van der Waals surface area (Å²) in [5, 5.41) is 23.1. The molecular formula is C20H41NO7Si. The molecular weight excluding hydrogens is 394 g/mol. The molecule has 1 rings (SSSR count). The molecule has 1 saturated heterocycles. The molecule has 0 aromatic heterocycles. The molecule has 29 heavy (non-hydrogen) atoms. The van der Waals surface area contributed by atoms with Gasteiger partial charge >= 0.3 is 6.09 Å². The Morgan fingerprint density at radius 1 is 1.17 bits per heavy atom. The van der Waals surface area contributed by atoms with Gasteiger partial charge in [-0.2, -0.15) is 0 Å². The smallest absolute Gasteiger partial charge is 0.408 e. The largest absolute Gasteiger partial charge is 0.444 e. The number of hydrogen-bond acceptors (Lipinski definition) is 7. The lowest BCUT2D eigenvalue weighted by Crippen LogP contribution is -2.55. The van der Waals surface area contributed by atoms with E-state index in [0.717, 1.165) is 0 Å². The first kappa shape index (κ1) is 26.3. The molecule has 0 aliphatic carbocycles. The Labute approximate surface area is 176 Å². The van der Waals surface area contributed by atoms with Crippen LogP contribution in [0.1, 0.15) is 55.4 Å². The van der Waals surface area contributed by atoms with Crippen LogP contribution in [-0.2, 0) is 18.6 Å². The second kappa shape index (κ2) is 9.19. The van der Waals surface area contributed by atoms with E-state index in [1.165, 1.54) is 0 Å². The van der Waals surface area contributed by atoms with Crippen molar-refractivity contribution in [1.29, 1.82) is 0 Å². The Morgan fingerprint density at radius 3 is 2.17 bits per heavy atom. The number of amides is 1. The highest BCUT2D eigenvalue weighted by molar-refractivity contribution is 6.74. The van der Waals surface area contributed by atoms with Crippen molar-refractivity contribution >= 4 is 14.4 Å². The van der Waals surface area contributed by atoms with Crippen LogP contribution < -0.4 is 5.32 Å². The van der Waals surface area contributed by atoms with Gasteiger partial charge in [-0.15, -0.1) is 0 Å². The topological polar surface area (TPSA) is 106 Å². The van der Waals surface area contributed by atoms with E-state index < -0.39 is 56.8 Å². The third kappa shape index (κ3) is 7.80. The molecule has 0 spiro atoms. The highest BCUT2D eigenvalue weighted by atomic mass is 28.4. The Morgan fingerprint density at radius 2 is 1.72 bits per heavy atom. The number of aliphatic hydroxyl groups is 2. The van der Waals surface area contributed by atoms with Gasteiger partial charge in [-0.3, -0.25) is 0 Å². The number of nitrogens with one attached hydrogen (secondary N) is 1. The highest BCUT2D eigenvalue weighted by Gasteiger charge is 2.48. The molecule has 1 aliphatic heterocycles. The fourth-order valence-corrected chi connectivity index (χ4v) is 3.73. The van der Waals surface area contributed by atoms with Crippen LogP contribution in [0, 0.1) is 0 Å². The molecule has 0 unspecified atom stereocenters. The zero-order valence-electron chi connectivity index (χ0n) is 19.7. The average molecular weight is 436 g/mol. The highest BCUT2D eigenvalue weighted by Crippen LogP contribution is 2.38. The minimum Gasteiger partial charge on any atom is -0.444 e. The molecule has 0 aromatic carbocycles. The lowest BCUT2D eigenvalue weighted by atomic mass is 10.0.